The predicted molar refractivity (Wildman–Crippen MR) is 74.8 cm³/mol. The first kappa shape index (κ1) is 13.8. The number of halogens is 2. The number of nitrogens with one attached hydrogen (secondary N) is 1. The summed E-state index contributed by atoms with van der Waals surface area (Å²) in [5.74, 6) is -0.289. The Morgan fingerprint density at radius 3 is 2.82 bits per heavy atom. The van der Waals surface area contributed by atoms with E-state index in [-0.39, 0.29) is 22.8 Å². The molecule has 17 heavy (non-hydrogen) atoms. The molecule has 0 unspecified atom stereocenters. The van der Waals surface area contributed by atoms with Crippen molar-refractivity contribution in [1.29, 1.82) is 0 Å². The van der Waals surface area contributed by atoms with E-state index in [1.54, 1.807) is 18.2 Å². The minimum Gasteiger partial charge on any atom is -0.253 e. The number of rotatable bonds is 3. The third-order valence-electron chi connectivity index (χ3n) is 1.89. The zero-order chi connectivity index (χ0) is 11.4. The van der Waals surface area contributed by atoms with Crippen molar-refractivity contribution in [2.24, 2.45) is 5.10 Å². The maximum atomic E-state index is 13.2. The minimum absolute atomic E-state index is 0. The maximum Gasteiger partial charge on any atom is 0.203 e. The van der Waals surface area contributed by atoms with Crippen LogP contribution < -0.4 is 5.43 Å². The molecule has 0 amide bonds. The maximum absolute atomic E-state index is 13.2. The van der Waals surface area contributed by atoms with Crippen molar-refractivity contribution in [2.45, 2.75) is 6.92 Å². The van der Waals surface area contributed by atoms with Gasteiger partial charge in [-0.3, -0.25) is 5.43 Å². The van der Waals surface area contributed by atoms with Crippen molar-refractivity contribution in [3.63, 3.8) is 0 Å². The number of nitrogens with zero attached hydrogens (tertiary/aromatic N) is 2. The summed E-state index contributed by atoms with van der Waals surface area (Å²) in [5.41, 5.74) is 4.14. The topological polar surface area (TPSA) is 37.3 Å². The highest BCUT2D eigenvalue weighted by Crippen LogP contribution is 2.14. The minimum atomic E-state index is -0.289. The lowest BCUT2D eigenvalue weighted by atomic mass is 10.2. The Morgan fingerprint density at radius 1 is 1.41 bits per heavy atom. The van der Waals surface area contributed by atoms with E-state index in [1.807, 2.05) is 12.3 Å². The van der Waals surface area contributed by atoms with Crippen LogP contribution in [0.2, 0.25) is 0 Å². The third kappa shape index (κ3) is 3.90. The van der Waals surface area contributed by atoms with E-state index in [1.165, 1.54) is 23.6 Å². The van der Waals surface area contributed by atoms with Gasteiger partial charge in [0.2, 0.25) is 5.13 Å². The summed E-state index contributed by atoms with van der Waals surface area (Å²) in [6, 6.07) is 6.46. The molecule has 2 aromatic rings. The SMILES string of the molecule is Br.Cc1csc(NN=Cc2ccccc2F)n1. The lowest BCUT2D eigenvalue weighted by Gasteiger charge is -1.95. The molecule has 0 atom stereocenters. The summed E-state index contributed by atoms with van der Waals surface area (Å²) in [6.45, 7) is 1.91. The highest BCUT2D eigenvalue weighted by Gasteiger charge is 1.97. The van der Waals surface area contributed by atoms with Crippen molar-refractivity contribution in [2.75, 3.05) is 5.43 Å². The van der Waals surface area contributed by atoms with E-state index < -0.39 is 0 Å². The highest BCUT2D eigenvalue weighted by molar-refractivity contribution is 8.93. The van der Waals surface area contributed by atoms with Crippen LogP contribution in [-0.2, 0) is 0 Å². The number of hydrazone groups is 1. The molecule has 90 valence electrons. The van der Waals surface area contributed by atoms with Crippen LogP contribution in [0.25, 0.3) is 0 Å². The van der Waals surface area contributed by atoms with E-state index >= 15 is 0 Å². The number of thiazole rings is 1. The standard InChI is InChI=1S/C11H10FN3S.BrH/c1-8-7-16-11(14-8)15-13-6-9-4-2-3-5-10(9)12;/h2-7H,1H3,(H,14,15);1H. The smallest absolute Gasteiger partial charge is 0.203 e. The first-order valence-electron chi connectivity index (χ1n) is 4.71. The molecule has 0 aliphatic heterocycles. The van der Waals surface area contributed by atoms with Crippen LogP contribution in [0.4, 0.5) is 9.52 Å². The molecular formula is C11H11BrFN3S. The summed E-state index contributed by atoms with van der Waals surface area (Å²) in [5, 5.41) is 6.54. The molecule has 6 heteroatoms. The first-order valence-corrected chi connectivity index (χ1v) is 5.59. The summed E-state index contributed by atoms with van der Waals surface area (Å²) in [6.07, 6.45) is 1.44. The van der Waals surface area contributed by atoms with Crippen LogP contribution in [0.15, 0.2) is 34.7 Å². The van der Waals surface area contributed by atoms with Crippen molar-refractivity contribution >= 4 is 39.7 Å². The van der Waals surface area contributed by atoms with Gasteiger partial charge in [-0.05, 0) is 13.0 Å². The van der Waals surface area contributed by atoms with Gasteiger partial charge in [0.1, 0.15) is 5.82 Å². The Kier molecular flexibility index (Phi) is 5.24. The van der Waals surface area contributed by atoms with Gasteiger partial charge in [0.15, 0.2) is 0 Å². The lowest BCUT2D eigenvalue weighted by molar-refractivity contribution is 0.626. The summed E-state index contributed by atoms with van der Waals surface area (Å²) in [7, 11) is 0. The number of hydrogen-bond donors (Lipinski definition) is 1. The Hall–Kier alpha value is -1.27. The fraction of sp³-hybridized carbons (Fsp3) is 0.0909. The van der Waals surface area contributed by atoms with E-state index in [0.29, 0.717) is 10.7 Å². The monoisotopic (exact) mass is 315 g/mol. The lowest BCUT2D eigenvalue weighted by Crippen LogP contribution is -1.92. The molecule has 3 nitrogen and oxygen atoms in total. The third-order valence-corrected chi connectivity index (χ3v) is 2.75. The molecule has 1 heterocycles. The average molecular weight is 316 g/mol. The molecule has 1 aromatic carbocycles. The van der Waals surface area contributed by atoms with E-state index in [9.17, 15) is 4.39 Å². The van der Waals surface area contributed by atoms with Gasteiger partial charge in [0.25, 0.3) is 0 Å². The zero-order valence-electron chi connectivity index (χ0n) is 9.05. The number of aromatic nitrogens is 1. The number of anilines is 1. The predicted octanol–water partition coefficient (Wildman–Crippen LogP) is 3.61. The summed E-state index contributed by atoms with van der Waals surface area (Å²) >= 11 is 1.46. The molecule has 2 rings (SSSR count). The van der Waals surface area contributed by atoms with Gasteiger partial charge in [-0.1, -0.05) is 18.2 Å². The molecule has 1 aromatic heterocycles. The molecule has 0 saturated carbocycles. The quantitative estimate of drug-likeness (QED) is 0.694. The molecule has 0 saturated heterocycles. The van der Waals surface area contributed by atoms with Crippen molar-refractivity contribution in [3.8, 4) is 0 Å². The zero-order valence-corrected chi connectivity index (χ0v) is 11.6. The van der Waals surface area contributed by atoms with Gasteiger partial charge < -0.3 is 0 Å². The number of benzene rings is 1. The molecule has 0 fully saturated rings. The van der Waals surface area contributed by atoms with Crippen LogP contribution in [0.3, 0.4) is 0 Å². The van der Waals surface area contributed by atoms with Crippen molar-refractivity contribution in [3.05, 3.63) is 46.7 Å². The summed E-state index contributed by atoms with van der Waals surface area (Å²) < 4.78 is 13.2. The largest absolute Gasteiger partial charge is 0.253 e. The molecule has 0 spiro atoms. The Morgan fingerprint density at radius 2 is 2.18 bits per heavy atom. The van der Waals surface area contributed by atoms with Crippen LogP contribution in [0.1, 0.15) is 11.3 Å². The van der Waals surface area contributed by atoms with Gasteiger partial charge >= 0.3 is 0 Å². The fourth-order valence-corrected chi connectivity index (χ4v) is 1.78. The second-order valence-corrected chi connectivity index (χ2v) is 4.04. The van der Waals surface area contributed by atoms with Gasteiger partial charge in [-0.25, -0.2) is 9.37 Å². The second kappa shape index (κ2) is 6.46. The fourth-order valence-electron chi connectivity index (χ4n) is 1.14. The van der Waals surface area contributed by atoms with Crippen LogP contribution in [0, 0.1) is 12.7 Å². The normalized spacial score (nSPS) is 10.2. The van der Waals surface area contributed by atoms with Gasteiger partial charge in [-0.15, -0.1) is 28.3 Å². The van der Waals surface area contributed by atoms with Gasteiger partial charge in [-0.2, -0.15) is 5.10 Å². The van der Waals surface area contributed by atoms with E-state index in [0.717, 1.165) is 5.69 Å². The van der Waals surface area contributed by atoms with Gasteiger partial charge in [0.05, 0.1) is 11.9 Å². The average Bonchev–Trinajstić information content (AvgIpc) is 2.67. The van der Waals surface area contributed by atoms with Crippen LogP contribution >= 0.6 is 28.3 Å². The molecule has 0 radical (unpaired) electrons. The second-order valence-electron chi connectivity index (χ2n) is 3.19. The Bertz CT molecular complexity index is 513. The van der Waals surface area contributed by atoms with Crippen molar-refractivity contribution < 1.29 is 4.39 Å². The van der Waals surface area contributed by atoms with Crippen LogP contribution in [-0.4, -0.2) is 11.2 Å². The van der Waals surface area contributed by atoms with E-state index in [2.05, 4.69) is 15.5 Å². The number of aryl methyl sites for hydroxylation is 1. The molecule has 0 aliphatic carbocycles. The summed E-state index contributed by atoms with van der Waals surface area (Å²) in [4.78, 5) is 4.16. The molecule has 1 N–H and O–H groups in total. The Balaban J connectivity index is 0.00000144. The van der Waals surface area contributed by atoms with E-state index in [4.69, 9.17) is 0 Å². The molecule has 0 bridgehead atoms. The number of hydrogen-bond acceptors (Lipinski definition) is 4. The van der Waals surface area contributed by atoms with Crippen molar-refractivity contribution in [1.82, 2.24) is 4.98 Å². The van der Waals surface area contributed by atoms with Gasteiger partial charge in [0, 0.05) is 10.9 Å². The molecular weight excluding hydrogens is 305 g/mol. The van der Waals surface area contributed by atoms with Crippen LogP contribution in [0.5, 0.6) is 0 Å². The molecule has 0 aliphatic rings. The highest BCUT2D eigenvalue weighted by atomic mass is 79.9. The Labute approximate surface area is 113 Å². The first-order chi connectivity index (χ1) is 7.75.